The Balaban J connectivity index is 2.60. The molecule has 0 unspecified atom stereocenters. The van der Waals surface area contributed by atoms with E-state index in [4.69, 9.17) is 14.6 Å². The van der Waals surface area contributed by atoms with E-state index in [1.54, 1.807) is 7.11 Å². The van der Waals surface area contributed by atoms with Crippen molar-refractivity contribution in [1.82, 2.24) is 0 Å². The van der Waals surface area contributed by atoms with Gasteiger partial charge in [-0.2, -0.15) is 0 Å². The van der Waals surface area contributed by atoms with Crippen LogP contribution in [0.25, 0.3) is 0 Å². The number of carboxylic acids is 1. The van der Waals surface area contributed by atoms with Crippen molar-refractivity contribution < 1.29 is 19.4 Å². The van der Waals surface area contributed by atoms with Crippen molar-refractivity contribution in [1.29, 1.82) is 0 Å². The van der Waals surface area contributed by atoms with E-state index in [1.807, 2.05) is 26.0 Å². The topological polar surface area (TPSA) is 55.8 Å². The molecule has 0 radical (unpaired) electrons. The molecule has 0 aromatic heterocycles. The van der Waals surface area contributed by atoms with Crippen LogP contribution >= 0.6 is 0 Å². The summed E-state index contributed by atoms with van der Waals surface area (Å²) in [7, 11) is 1.65. The monoisotopic (exact) mass is 238 g/mol. The summed E-state index contributed by atoms with van der Waals surface area (Å²) in [5.41, 5.74) is 3.44. The van der Waals surface area contributed by atoms with Crippen molar-refractivity contribution in [2.24, 2.45) is 0 Å². The molecule has 0 saturated carbocycles. The highest BCUT2D eigenvalue weighted by molar-refractivity contribution is 5.67. The Morgan fingerprint density at radius 1 is 1.29 bits per heavy atom. The van der Waals surface area contributed by atoms with E-state index in [9.17, 15) is 4.79 Å². The lowest BCUT2D eigenvalue weighted by Crippen LogP contribution is -2.09. The molecule has 0 aliphatic heterocycles. The first kappa shape index (κ1) is 13.5. The zero-order valence-electron chi connectivity index (χ0n) is 10.4. The summed E-state index contributed by atoms with van der Waals surface area (Å²) in [6, 6.07) is 3.92. The van der Waals surface area contributed by atoms with Crippen LogP contribution in [0.3, 0.4) is 0 Å². The molecule has 0 saturated heterocycles. The van der Waals surface area contributed by atoms with Crippen LogP contribution in [0, 0.1) is 13.8 Å². The first-order valence-electron chi connectivity index (χ1n) is 5.49. The largest absolute Gasteiger partial charge is 0.496 e. The molecular formula is C13H18O4. The molecular weight excluding hydrogens is 220 g/mol. The minimum absolute atomic E-state index is 0.242. The molecule has 0 aliphatic carbocycles. The van der Waals surface area contributed by atoms with Crippen LogP contribution in [-0.4, -0.2) is 31.4 Å². The third-order valence-electron chi connectivity index (χ3n) is 2.81. The molecule has 0 amide bonds. The number of carboxylic acid groups (broad SMARTS) is 1. The normalized spacial score (nSPS) is 10.3. The Labute approximate surface area is 101 Å². The van der Waals surface area contributed by atoms with Crippen LogP contribution < -0.4 is 4.74 Å². The average Bonchev–Trinajstić information content (AvgIpc) is 2.29. The first-order chi connectivity index (χ1) is 8.06. The Kier molecular flexibility index (Phi) is 4.97. The molecule has 0 fully saturated rings. The Hall–Kier alpha value is -1.55. The van der Waals surface area contributed by atoms with E-state index in [2.05, 4.69) is 0 Å². The number of rotatable bonds is 6. The lowest BCUT2D eigenvalue weighted by molar-refractivity contribution is -0.142. The molecule has 0 bridgehead atoms. The summed E-state index contributed by atoms with van der Waals surface area (Å²) in [4.78, 5) is 10.3. The van der Waals surface area contributed by atoms with Crippen LogP contribution in [0.4, 0.5) is 0 Å². The number of aliphatic carboxylic acids is 1. The minimum Gasteiger partial charge on any atom is -0.496 e. The molecule has 1 aromatic rings. The molecule has 0 atom stereocenters. The number of methoxy groups -OCH3 is 1. The van der Waals surface area contributed by atoms with Crippen molar-refractivity contribution in [3.05, 3.63) is 28.8 Å². The van der Waals surface area contributed by atoms with Gasteiger partial charge >= 0.3 is 5.97 Å². The molecule has 94 valence electrons. The molecule has 17 heavy (non-hydrogen) atoms. The summed E-state index contributed by atoms with van der Waals surface area (Å²) >= 11 is 0. The lowest BCUT2D eigenvalue weighted by Gasteiger charge is -2.12. The molecule has 0 spiro atoms. The zero-order valence-corrected chi connectivity index (χ0v) is 10.4. The Morgan fingerprint density at radius 2 is 2.00 bits per heavy atom. The molecule has 1 rings (SSSR count). The summed E-state index contributed by atoms with van der Waals surface area (Å²) in [6.45, 7) is 4.22. The van der Waals surface area contributed by atoms with Crippen molar-refractivity contribution in [2.75, 3.05) is 20.3 Å². The fourth-order valence-corrected chi connectivity index (χ4v) is 1.69. The number of hydrogen-bond donors (Lipinski definition) is 1. The van der Waals surface area contributed by atoms with Gasteiger partial charge in [-0.1, -0.05) is 6.07 Å². The zero-order chi connectivity index (χ0) is 12.8. The Morgan fingerprint density at radius 3 is 2.59 bits per heavy atom. The van der Waals surface area contributed by atoms with Gasteiger partial charge in [0.05, 0.1) is 13.7 Å². The predicted octanol–water partition coefficient (Wildman–Crippen LogP) is 1.96. The van der Waals surface area contributed by atoms with E-state index >= 15 is 0 Å². The van der Waals surface area contributed by atoms with Gasteiger partial charge in [-0.15, -0.1) is 0 Å². The van der Waals surface area contributed by atoms with Gasteiger partial charge in [-0.05, 0) is 43.0 Å². The predicted molar refractivity (Wildman–Crippen MR) is 64.6 cm³/mol. The third-order valence-corrected chi connectivity index (χ3v) is 2.81. The maximum Gasteiger partial charge on any atom is 0.329 e. The van der Waals surface area contributed by atoms with E-state index < -0.39 is 5.97 Å². The number of benzene rings is 1. The van der Waals surface area contributed by atoms with Gasteiger partial charge in [-0.25, -0.2) is 4.79 Å². The molecule has 1 aromatic carbocycles. The second-order valence-electron chi connectivity index (χ2n) is 3.87. The summed E-state index contributed by atoms with van der Waals surface area (Å²) in [5.74, 6) is -0.0645. The summed E-state index contributed by atoms with van der Waals surface area (Å²) < 4.78 is 10.2. The molecule has 0 aliphatic rings. The number of hydrogen-bond acceptors (Lipinski definition) is 3. The van der Waals surface area contributed by atoms with Gasteiger partial charge in [0.25, 0.3) is 0 Å². The first-order valence-corrected chi connectivity index (χ1v) is 5.49. The van der Waals surface area contributed by atoms with E-state index in [-0.39, 0.29) is 6.61 Å². The van der Waals surface area contributed by atoms with Crippen molar-refractivity contribution in [3.8, 4) is 5.75 Å². The fraction of sp³-hybridized carbons (Fsp3) is 0.462. The van der Waals surface area contributed by atoms with Gasteiger partial charge in [-0.3, -0.25) is 0 Å². The second kappa shape index (κ2) is 6.25. The van der Waals surface area contributed by atoms with Crippen molar-refractivity contribution >= 4 is 5.97 Å². The Bertz CT molecular complexity index is 399. The van der Waals surface area contributed by atoms with Gasteiger partial charge in [0.2, 0.25) is 0 Å². The fourth-order valence-electron chi connectivity index (χ4n) is 1.69. The van der Waals surface area contributed by atoms with Crippen molar-refractivity contribution in [2.45, 2.75) is 20.3 Å². The second-order valence-corrected chi connectivity index (χ2v) is 3.87. The van der Waals surface area contributed by atoms with Crippen LogP contribution in [0.2, 0.25) is 0 Å². The molecule has 4 nitrogen and oxygen atoms in total. The highest BCUT2D eigenvalue weighted by Crippen LogP contribution is 2.24. The molecule has 4 heteroatoms. The SMILES string of the molecule is COc1ccc(CCOCC(=O)O)c(C)c1C. The lowest BCUT2D eigenvalue weighted by atomic mass is 10.0. The summed E-state index contributed by atoms with van der Waals surface area (Å²) in [5, 5.41) is 8.44. The average molecular weight is 238 g/mol. The smallest absolute Gasteiger partial charge is 0.329 e. The van der Waals surface area contributed by atoms with Crippen molar-refractivity contribution in [3.63, 3.8) is 0 Å². The van der Waals surface area contributed by atoms with Gasteiger partial charge in [0.15, 0.2) is 0 Å². The minimum atomic E-state index is -0.937. The molecule has 0 heterocycles. The quantitative estimate of drug-likeness (QED) is 0.770. The highest BCUT2D eigenvalue weighted by Gasteiger charge is 2.06. The summed E-state index contributed by atoms with van der Waals surface area (Å²) in [6.07, 6.45) is 0.712. The molecule has 1 N–H and O–H groups in total. The maximum absolute atomic E-state index is 10.3. The van der Waals surface area contributed by atoms with Crippen LogP contribution in [0.5, 0.6) is 5.75 Å². The standard InChI is InChI=1S/C13H18O4/c1-9-10(2)12(16-3)5-4-11(9)6-7-17-8-13(14)15/h4-5H,6-8H2,1-3H3,(H,14,15). The maximum atomic E-state index is 10.3. The van der Waals surface area contributed by atoms with Gasteiger partial charge < -0.3 is 14.6 Å². The van der Waals surface area contributed by atoms with Crippen LogP contribution in [0.1, 0.15) is 16.7 Å². The van der Waals surface area contributed by atoms with Crippen LogP contribution in [-0.2, 0) is 16.0 Å². The number of carbonyl (C=O) groups is 1. The third kappa shape index (κ3) is 3.75. The van der Waals surface area contributed by atoms with Crippen LogP contribution in [0.15, 0.2) is 12.1 Å². The van der Waals surface area contributed by atoms with E-state index in [0.29, 0.717) is 13.0 Å². The van der Waals surface area contributed by atoms with Gasteiger partial charge in [0, 0.05) is 0 Å². The number of ether oxygens (including phenoxy) is 2. The van der Waals surface area contributed by atoms with E-state index in [1.165, 1.54) is 5.56 Å². The highest BCUT2D eigenvalue weighted by atomic mass is 16.5. The van der Waals surface area contributed by atoms with Gasteiger partial charge in [0.1, 0.15) is 12.4 Å². The van der Waals surface area contributed by atoms with E-state index in [0.717, 1.165) is 16.9 Å².